The minimum absolute atomic E-state index is 0.0949. The summed E-state index contributed by atoms with van der Waals surface area (Å²) in [6.07, 6.45) is 0.409. The van der Waals surface area contributed by atoms with Crippen molar-refractivity contribution in [3.8, 4) is 11.1 Å². The summed E-state index contributed by atoms with van der Waals surface area (Å²) in [6.45, 7) is 0.412. The molecule has 0 heterocycles. The molecule has 12 heteroatoms. The number of nitrogens with two attached hydrogens (primary N) is 3. The van der Waals surface area contributed by atoms with Gasteiger partial charge in [-0.05, 0) is 36.0 Å². The number of carboxylic acid groups (broad SMARTS) is 1. The number of aliphatic carboxylic acids is 1. The zero-order chi connectivity index (χ0) is 28.8. The third-order valence-corrected chi connectivity index (χ3v) is 6.02. The van der Waals surface area contributed by atoms with Gasteiger partial charge in [-0.1, -0.05) is 54.6 Å². The molecule has 0 aliphatic carbocycles. The Labute approximate surface area is 227 Å². The van der Waals surface area contributed by atoms with Crippen LogP contribution in [0.15, 0.2) is 59.6 Å². The van der Waals surface area contributed by atoms with Crippen molar-refractivity contribution >= 4 is 29.7 Å². The molecule has 0 aliphatic heterocycles. The molecule has 3 atom stereocenters. The summed E-state index contributed by atoms with van der Waals surface area (Å²) in [7, 11) is 1.53. The van der Waals surface area contributed by atoms with Gasteiger partial charge in [0.15, 0.2) is 5.96 Å². The summed E-state index contributed by atoms with van der Waals surface area (Å²) in [5, 5.41) is 17.0. The molecule has 0 aliphatic rings. The topological polar surface area (TPSA) is 215 Å². The quantitative estimate of drug-likeness (QED) is 0.0916. The molecule has 39 heavy (non-hydrogen) atoms. The Morgan fingerprint density at radius 2 is 1.49 bits per heavy atom. The van der Waals surface area contributed by atoms with Crippen molar-refractivity contribution in [1.29, 1.82) is 0 Å². The number of carboxylic acids is 1. The molecule has 0 aromatic heterocycles. The Morgan fingerprint density at radius 1 is 0.872 bits per heavy atom. The van der Waals surface area contributed by atoms with Crippen LogP contribution in [0.25, 0.3) is 11.1 Å². The van der Waals surface area contributed by atoms with Crippen molar-refractivity contribution in [2.45, 2.75) is 50.2 Å². The molecule has 0 bridgehead atoms. The molecule has 10 N–H and O–H groups in total. The summed E-state index contributed by atoms with van der Waals surface area (Å²) in [6, 6.07) is 14.1. The number of aliphatic imine (C=N–C) groups is 1. The van der Waals surface area contributed by atoms with Crippen LogP contribution in [-0.2, 0) is 25.6 Å². The number of hydrogen-bond acceptors (Lipinski definition) is 6. The van der Waals surface area contributed by atoms with Gasteiger partial charge in [-0.25, -0.2) is 0 Å². The zero-order valence-corrected chi connectivity index (χ0v) is 21.9. The van der Waals surface area contributed by atoms with E-state index in [4.69, 9.17) is 22.3 Å². The zero-order valence-electron chi connectivity index (χ0n) is 21.9. The Bertz CT molecular complexity index is 1140. The number of guanidine groups is 1. The highest BCUT2D eigenvalue weighted by Crippen LogP contribution is 2.20. The second kappa shape index (κ2) is 15.7. The number of nitrogens with one attached hydrogen (secondary N) is 3. The molecule has 12 nitrogen and oxygen atoms in total. The van der Waals surface area contributed by atoms with Crippen LogP contribution in [0.2, 0.25) is 0 Å². The first-order valence-corrected chi connectivity index (χ1v) is 12.6. The van der Waals surface area contributed by atoms with Crippen molar-refractivity contribution in [2.24, 2.45) is 22.2 Å². The highest BCUT2D eigenvalue weighted by Gasteiger charge is 2.27. The maximum atomic E-state index is 13.2. The minimum Gasteiger partial charge on any atom is -0.481 e. The largest absolute Gasteiger partial charge is 0.481 e. The van der Waals surface area contributed by atoms with Gasteiger partial charge in [-0.15, -0.1) is 0 Å². The number of carbonyl (C=O) groups excluding carboxylic acids is 3. The molecule has 2 aromatic rings. The molecule has 2 aromatic carbocycles. The van der Waals surface area contributed by atoms with Crippen LogP contribution < -0.4 is 33.2 Å². The van der Waals surface area contributed by atoms with Crippen LogP contribution in [0, 0.1) is 0 Å². The highest BCUT2D eigenvalue weighted by molar-refractivity contribution is 5.93. The predicted molar refractivity (Wildman–Crippen MR) is 148 cm³/mol. The Hall–Kier alpha value is -4.45. The lowest BCUT2D eigenvalue weighted by atomic mass is 9.99. The smallest absolute Gasteiger partial charge is 0.303 e. The third-order valence-electron chi connectivity index (χ3n) is 6.02. The van der Waals surface area contributed by atoms with Crippen molar-refractivity contribution < 1.29 is 24.3 Å². The van der Waals surface area contributed by atoms with E-state index in [0.29, 0.717) is 13.0 Å². The van der Waals surface area contributed by atoms with E-state index in [2.05, 4.69) is 20.9 Å². The van der Waals surface area contributed by atoms with Crippen LogP contribution in [0.5, 0.6) is 0 Å². The van der Waals surface area contributed by atoms with Crippen LogP contribution in [0.3, 0.4) is 0 Å². The summed E-state index contributed by atoms with van der Waals surface area (Å²) < 4.78 is 0. The van der Waals surface area contributed by atoms with Gasteiger partial charge in [0.2, 0.25) is 17.7 Å². The van der Waals surface area contributed by atoms with Crippen molar-refractivity contribution in [1.82, 2.24) is 16.0 Å². The summed E-state index contributed by atoms with van der Waals surface area (Å²) in [4.78, 5) is 52.6. The van der Waals surface area contributed by atoms with E-state index in [-0.39, 0.29) is 31.6 Å². The number of amides is 3. The van der Waals surface area contributed by atoms with Crippen LogP contribution in [-0.4, -0.2) is 66.5 Å². The molecule has 2 rings (SSSR count). The standard InChI is InChI=1S/C27H37N7O5/c1-31-27(30)32-15-5-8-21(24(29)37)33-26(39)22(34-25(38)20(28)13-14-23(35)36)16-17-9-11-19(12-10-17)18-6-3-2-4-7-18/h2-4,6-7,9-12,20-22H,5,8,13-16,28H2,1H3,(H2,29,37)(H,33,39)(H,34,38)(H,35,36)(H3,30,31,32). The van der Waals surface area contributed by atoms with Crippen molar-refractivity contribution in [3.05, 3.63) is 60.2 Å². The van der Waals surface area contributed by atoms with Gasteiger partial charge < -0.3 is 38.3 Å². The average molecular weight is 540 g/mol. The van der Waals surface area contributed by atoms with E-state index >= 15 is 0 Å². The first-order chi connectivity index (χ1) is 18.6. The van der Waals surface area contributed by atoms with Gasteiger partial charge >= 0.3 is 5.97 Å². The monoisotopic (exact) mass is 539 g/mol. The Kier molecular flexibility index (Phi) is 12.4. The highest BCUT2D eigenvalue weighted by atomic mass is 16.4. The summed E-state index contributed by atoms with van der Waals surface area (Å²) >= 11 is 0. The normalized spacial score (nSPS) is 13.5. The van der Waals surface area contributed by atoms with E-state index in [1.807, 2.05) is 54.6 Å². The lowest BCUT2D eigenvalue weighted by Gasteiger charge is -2.23. The number of benzene rings is 2. The fourth-order valence-corrected chi connectivity index (χ4v) is 3.76. The van der Waals surface area contributed by atoms with Gasteiger partial charge in [0, 0.05) is 26.4 Å². The molecule has 3 unspecified atom stereocenters. The Balaban J connectivity index is 2.15. The molecule has 0 saturated carbocycles. The summed E-state index contributed by atoms with van der Waals surface area (Å²) in [5.74, 6) is -2.86. The average Bonchev–Trinajstić information content (AvgIpc) is 2.93. The van der Waals surface area contributed by atoms with Gasteiger partial charge in [0.25, 0.3) is 0 Å². The number of carbonyl (C=O) groups is 4. The van der Waals surface area contributed by atoms with E-state index in [0.717, 1.165) is 16.7 Å². The minimum atomic E-state index is -1.12. The lowest BCUT2D eigenvalue weighted by molar-refractivity contribution is -0.137. The number of primary amides is 1. The van der Waals surface area contributed by atoms with Crippen molar-refractivity contribution in [2.75, 3.05) is 13.6 Å². The van der Waals surface area contributed by atoms with Crippen molar-refractivity contribution in [3.63, 3.8) is 0 Å². The second-order valence-electron chi connectivity index (χ2n) is 9.01. The molecule has 0 radical (unpaired) electrons. The maximum Gasteiger partial charge on any atom is 0.303 e. The number of hydrogen-bond donors (Lipinski definition) is 7. The van der Waals surface area contributed by atoms with Gasteiger partial charge in [-0.3, -0.25) is 24.2 Å². The molecule has 0 saturated heterocycles. The van der Waals surface area contributed by atoms with Gasteiger partial charge in [-0.2, -0.15) is 0 Å². The molecule has 0 fully saturated rings. The molecule has 3 amide bonds. The van der Waals surface area contributed by atoms with E-state index < -0.39 is 41.8 Å². The predicted octanol–water partition coefficient (Wildman–Crippen LogP) is -0.143. The molecular formula is C27H37N7O5. The summed E-state index contributed by atoms with van der Waals surface area (Å²) in [5.41, 5.74) is 19.7. The van der Waals surface area contributed by atoms with Crippen LogP contribution in [0.1, 0.15) is 31.2 Å². The van der Waals surface area contributed by atoms with E-state index in [9.17, 15) is 19.2 Å². The number of rotatable bonds is 15. The molecular weight excluding hydrogens is 502 g/mol. The maximum absolute atomic E-state index is 13.2. The SMILES string of the molecule is CN=C(N)NCCCC(NC(=O)C(Cc1ccc(-c2ccccc2)cc1)NC(=O)C(N)CCC(=O)O)C(N)=O. The van der Waals surface area contributed by atoms with E-state index in [1.165, 1.54) is 7.05 Å². The fraction of sp³-hybridized carbons (Fsp3) is 0.370. The fourth-order valence-electron chi connectivity index (χ4n) is 3.76. The third kappa shape index (κ3) is 10.8. The first kappa shape index (κ1) is 30.8. The first-order valence-electron chi connectivity index (χ1n) is 12.6. The van der Waals surface area contributed by atoms with E-state index in [1.54, 1.807) is 0 Å². The van der Waals surface area contributed by atoms with Gasteiger partial charge in [0.1, 0.15) is 12.1 Å². The Morgan fingerprint density at radius 3 is 2.08 bits per heavy atom. The number of nitrogens with zero attached hydrogens (tertiary/aromatic N) is 1. The second-order valence-corrected chi connectivity index (χ2v) is 9.01. The van der Waals surface area contributed by atoms with Crippen LogP contribution >= 0.6 is 0 Å². The molecule has 210 valence electrons. The molecule has 0 spiro atoms. The van der Waals surface area contributed by atoms with Crippen LogP contribution in [0.4, 0.5) is 0 Å². The van der Waals surface area contributed by atoms with Gasteiger partial charge in [0.05, 0.1) is 6.04 Å². The lowest BCUT2D eigenvalue weighted by Crippen LogP contribution is -2.56.